The van der Waals surface area contributed by atoms with E-state index in [-0.39, 0.29) is 18.4 Å². The molecule has 35 heavy (non-hydrogen) atoms. The first-order valence-corrected chi connectivity index (χ1v) is 13.0. The van der Waals surface area contributed by atoms with Crippen LogP contribution in [0.25, 0.3) is 6.08 Å². The van der Waals surface area contributed by atoms with Crippen molar-refractivity contribution < 1.29 is 19.1 Å². The Balaban J connectivity index is 1.53. The predicted molar refractivity (Wildman–Crippen MR) is 153 cm³/mol. The smallest absolute Gasteiger partial charge is 0.270 e. The van der Waals surface area contributed by atoms with Gasteiger partial charge in [0, 0.05) is 5.69 Å². The highest BCUT2D eigenvalue weighted by Crippen LogP contribution is 2.39. The van der Waals surface area contributed by atoms with Gasteiger partial charge in [0.15, 0.2) is 22.4 Å². The molecule has 0 aliphatic carbocycles. The van der Waals surface area contributed by atoms with Crippen LogP contribution in [0.1, 0.15) is 12.5 Å². The number of carbonyl (C=O) groups excluding carboxylic acids is 2. The summed E-state index contributed by atoms with van der Waals surface area (Å²) in [6.07, 6.45) is 1.79. The molecule has 0 spiro atoms. The highest BCUT2D eigenvalue weighted by molar-refractivity contribution is 14.1. The fourth-order valence-electron chi connectivity index (χ4n) is 3.35. The number of benzene rings is 3. The molecule has 0 atom stereocenters. The predicted octanol–water partition coefficient (Wildman–Crippen LogP) is 6.11. The van der Waals surface area contributed by atoms with E-state index in [9.17, 15) is 9.59 Å². The van der Waals surface area contributed by atoms with Crippen LogP contribution in [0.3, 0.4) is 0 Å². The fraction of sp³-hybridized carbons (Fsp3) is 0.115. The van der Waals surface area contributed by atoms with Crippen LogP contribution in [0.2, 0.25) is 0 Å². The summed E-state index contributed by atoms with van der Waals surface area (Å²) in [6, 6.07) is 22.2. The third-order valence-corrected chi connectivity index (χ3v) is 6.95. The molecule has 1 heterocycles. The quantitative estimate of drug-likeness (QED) is 0.187. The monoisotopic (exact) mass is 616 g/mol. The van der Waals surface area contributed by atoms with Crippen LogP contribution in [-0.4, -0.2) is 29.3 Å². The third-order valence-electron chi connectivity index (χ3n) is 4.84. The van der Waals surface area contributed by atoms with Crippen molar-refractivity contribution in [2.24, 2.45) is 0 Å². The van der Waals surface area contributed by atoms with Gasteiger partial charge in [0.1, 0.15) is 0 Å². The molecular formula is C26H21IN2O4S2. The maximum Gasteiger partial charge on any atom is 0.270 e. The Kier molecular flexibility index (Phi) is 8.42. The Morgan fingerprint density at radius 2 is 1.77 bits per heavy atom. The van der Waals surface area contributed by atoms with Crippen LogP contribution >= 0.6 is 46.6 Å². The average molecular weight is 617 g/mol. The largest absolute Gasteiger partial charge is 0.490 e. The molecule has 9 heteroatoms. The number of carbonyl (C=O) groups is 2. The van der Waals surface area contributed by atoms with Crippen LogP contribution < -0.4 is 19.7 Å². The second-order valence-electron chi connectivity index (χ2n) is 7.32. The van der Waals surface area contributed by atoms with Gasteiger partial charge in [-0.05, 0) is 77.6 Å². The Morgan fingerprint density at radius 3 is 2.46 bits per heavy atom. The molecule has 178 valence electrons. The minimum atomic E-state index is -0.275. The molecule has 0 radical (unpaired) electrons. The van der Waals surface area contributed by atoms with Gasteiger partial charge in [-0.1, -0.05) is 60.4 Å². The average Bonchev–Trinajstić information content (AvgIpc) is 3.12. The van der Waals surface area contributed by atoms with E-state index in [1.54, 1.807) is 12.1 Å². The zero-order valence-corrected chi connectivity index (χ0v) is 22.5. The highest BCUT2D eigenvalue weighted by atomic mass is 127. The van der Waals surface area contributed by atoms with E-state index in [1.165, 1.54) is 16.7 Å². The maximum absolute atomic E-state index is 13.1. The van der Waals surface area contributed by atoms with Crippen molar-refractivity contribution >= 4 is 80.2 Å². The van der Waals surface area contributed by atoms with E-state index >= 15 is 0 Å². The number of para-hydroxylation sites is 2. The van der Waals surface area contributed by atoms with Crippen LogP contribution in [0.5, 0.6) is 11.5 Å². The summed E-state index contributed by atoms with van der Waals surface area (Å²) < 4.78 is 12.9. The molecule has 2 amide bonds. The second kappa shape index (κ2) is 11.7. The van der Waals surface area contributed by atoms with Crippen molar-refractivity contribution in [1.82, 2.24) is 0 Å². The third kappa shape index (κ3) is 6.22. The SMILES string of the molecule is CCOc1cc(/C=C2/SC(=S)N(c3ccccc3)C2=O)cc(I)c1OCC(=O)Nc1ccccc1. The van der Waals surface area contributed by atoms with Crippen LogP contribution in [0, 0.1) is 3.57 Å². The van der Waals surface area contributed by atoms with Crippen molar-refractivity contribution in [3.8, 4) is 11.5 Å². The summed E-state index contributed by atoms with van der Waals surface area (Å²) in [5.41, 5.74) is 2.21. The first-order valence-electron chi connectivity index (χ1n) is 10.7. The molecule has 1 saturated heterocycles. The summed E-state index contributed by atoms with van der Waals surface area (Å²) in [7, 11) is 0. The number of nitrogens with one attached hydrogen (secondary N) is 1. The summed E-state index contributed by atoms with van der Waals surface area (Å²) in [5, 5.41) is 2.80. The molecule has 0 saturated carbocycles. The highest BCUT2D eigenvalue weighted by Gasteiger charge is 2.33. The number of anilines is 2. The molecule has 0 unspecified atom stereocenters. The minimum Gasteiger partial charge on any atom is -0.490 e. The van der Waals surface area contributed by atoms with Crippen LogP contribution in [-0.2, 0) is 9.59 Å². The van der Waals surface area contributed by atoms with Crippen molar-refractivity contribution in [3.05, 3.63) is 86.8 Å². The maximum atomic E-state index is 13.1. The van der Waals surface area contributed by atoms with Gasteiger partial charge in [-0.25, -0.2) is 0 Å². The first-order chi connectivity index (χ1) is 17.0. The lowest BCUT2D eigenvalue weighted by molar-refractivity contribution is -0.118. The molecule has 3 aromatic carbocycles. The molecule has 0 aromatic heterocycles. The number of ether oxygens (including phenoxy) is 2. The zero-order valence-electron chi connectivity index (χ0n) is 18.7. The minimum absolute atomic E-state index is 0.167. The normalized spacial score (nSPS) is 14.3. The van der Waals surface area contributed by atoms with Gasteiger partial charge < -0.3 is 14.8 Å². The fourth-order valence-corrected chi connectivity index (χ4v) is 5.43. The lowest BCUT2D eigenvalue weighted by Crippen LogP contribution is -2.27. The number of hydrogen-bond acceptors (Lipinski definition) is 6. The van der Waals surface area contributed by atoms with E-state index in [1.807, 2.05) is 73.7 Å². The van der Waals surface area contributed by atoms with Crippen LogP contribution in [0.4, 0.5) is 11.4 Å². The van der Waals surface area contributed by atoms with E-state index in [2.05, 4.69) is 27.9 Å². The Hall–Kier alpha value is -2.89. The summed E-state index contributed by atoms with van der Waals surface area (Å²) in [4.78, 5) is 27.4. The van der Waals surface area contributed by atoms with Crippen molar-refractivity contribution in [2.75, 3.05) is 23.4 Å². The Bertz CT molecular complexity index is 1280. The van der Waals surface area contributed by atoms with Crippen LogP contribution in [0.15, 0.2) is 77.7 Å². The van der Waals surface area contributed by atoms with Crippen molar-refractivity contribution in [1.29, 1.82) is 0 Å². The molecule has 1 N–H and O–H groups in total. The van der Waals surface area contributed by atoms with Crippen molar-refractivity contribution in [2.45, 2.75) is 6.92 Å². The molecule has 3 aromatic rings. The van der Waals surface area contributed by atoms with E-state index in [0.29, 0.717) is 33.0 Å². The van der Waals surface area contributed by atoms with E-state index in [0.717, 1.165) is 14.8 Å². The number of nitrogens with zero attached hydrogens (tertiary/aromatic N) is 1. The molecule has 1 aliphatic rings. The summed E-state index contributed by atoms with van der Waals surface area (Å²) >= 11 is 8.85. The molecule has 1 aliphatic heterocycles. The van der Waals surface area contributed by atoms with Crippen molar-refractivity contribution in [3.63, 3.8) is 0 Å². The van der Waals surface area contributed by atoms with Gasteiger partial charge in [0.2, 0.25) is 0 Å². The molecule has 6 nitrogen and oxygen atoms in total. The lowest BCUT2D eigenvalue weighted by atomic mass is 10.1. The summed E-state index contributed by atoms with van der Waals surface area (Å²) in [5.74, 6) is 0.529. The van der Waals surface area contributed by atoms with Gasteiger partial charge in [-0.2, -0.15) is 0 Å². The van der Waals surface area contributed by atoms with E-state index in [4.69, 9.17) is 21.7 Å². The van der Waals surface area contributed by atoms with Gasteiger partial charge in [0.05, 0.1) is 20.8 Å². The lowest BCUT2D eigenvalue weighted by Gasteiger charge is -2.15. The number of rotatable bonds is 8. The number of thiocarbonyl (C=S) groups is 1. The van der Waals surface area contributed by atoms with E-state index < -0.39 is 0 Å². The van der Waals surface area contributed by atoms with Gasteiger partial charge in [-0.15, -0.1) is 0 Å². The summed E-state index contributed by atoms with van der Waals surface area (Å²) in [6.45, 7) is 2.12. The zero-order chi connectivity index (χ0) is 24.8. The topological polar surface area (TPSA) is 67.9 Å². The van der Waals surface area contributed by atoms with Gasteiger partial charge in [-0.3, -0.25) is 14.5 Å². The second-order valence-corrected chi connectivity index (χ2v) is 10.2. The molecule has 0 bridgehead atoms. The van der Waals surface area contributed by atoms with Gasteiger partial charge in [0.25, 0.3) is 11.8 Å². The number of halogens is 1. The first kappa shape index (κ1) is 25.2. The Labute approximate surface area is 226 Å². The number of hydrogen-bond donors (Lipinski definition) is 1. The number of amides is 2. The Morgan fingerprint density at radius 1 is 1.09 bits per heavy atom. The standard InChI is InChI=1S/C26H21IN2O4S2/c1-2-32-21-14-17(15-22-25(31)29(26(34)35-22)19-11-7-4-8-12-19)13-20(27)24(21)33-16-23(30)28-18-9-5-3-6-10-18/h3-15H,2,16H2,1H3,(H,28,30)/b22-15+. The molecular weight excluding hydrogens is 595 g/mol. The number of thioether (sulfide) groups is 1. The van der Waals surface area contributed by atoms with Gasteiger partial charge >= 0.3 is 0 Å². The molecule has 1 fully saturated rings. The molecule has 4 rings (SSSR count).